The molecule has 0 aliphatic rings. The quantitative estimate of drug-likeness (QED) is 0.258. The molecule has 1 amide bonds. The minimum absolute atomic E-state index is 0.0383. The predicted molar refractivity (Wildman–Crippen MR) is 120 cm³/mol. The van der Waals surface area contributed by atoms with E-state index in [2.05, 4.69) is 25.3 Å². The van der Waals surface area contributed by atoms with Crippen molar-refractivity contribution in [2.45, 2.75) is 19.4 Å². The van der Waals surface area contributed by atoms with Crippen LogP contribution in [0.4, 0.5) is 17.5 Å². The molecule has 0 saturated heterocycles. The molecule has 2 aromatic heterocycles. The Labute approximate surface area is 184 Å². The second kappa shape index (κ2) is 9.70. The number of hydrogen-bond donors (Lipinski definition) is 4. The number of unbranched alkanes of at least 4 members (excludes halogenated alkanes) is 1. The van der Waals surface area contributed by atoms with Crippen LogP contribution in [0.5, 0.6) is 0 Å². The molecule has 3 aromatic rings. The molecule has 2 heterocycles. The molecular weight excluding hydrogens is 436 g/mol. The average Bonchev–Trinajstić information content (AvgIpc) is 2.73. The molecule has 0 aliphatic heterocycles. The fourth-order valence-corrected chi connectivity index (χ4v) is 3.54. The van der Waals surface area contributed by atoms with Crippen molar-refractivity contribution in [3.05, 3.63) is 41.7 Å². The Hall–Kier alpha value is -3.58. The summed E-state index contributed by atoms with van der Waals surface area (Å²) in [6.07, 6.45) is 2.31. The van der Waals surface area contributed by atoms with E-state index < -0.39 is 10.1 Å². The van der Waals surface area contributed by atoms with Gasteiger partial charge in [0.2, 0.25) is 5.95 Å². The first-order valence-electron chi connectivity index (χ1n) is 9.71. The lowest BCUT2D eigenvalue weighted by molar-refractivity contribution is 0.0953. The molecule has 0 radical (unpaired) electrons. The SMILES string of the molecule is CN(Cc1cnc2nc(N)nc(N)c2n1)c1ccc(C(=O)NCCCCS(=O)(=O)O)cc1. The third-order valence-electron chi connectivity index (χ3n) is 4.59. The van der Waals surface area contributed by atoms with Gasteiger partial charge in [0.05, 0.1) is 24.2 Å². The molecule has 1 aromatic carbocycles. The number of hydrogen-bond acceptors (Lipinski definition) is 10. The van der Waals surface area contributed by atoms with Gasteiger partial charge in [-0.1, -0.05) is 0 Å². The fraction of sp³-hybridized carbons (Fsp3) is 0.316. The summed E-state index contributed by atoms with van der Waals surface area (Å²) in [7, 11) is -2.10. The van der Waals surface area contributed by atoms with Crippen LogP contribution in [-0.2, 0) is 16.7 Å². The predicted octanol–water partition coefficient (Wildman–Crippen LogP) is 0.618. The first-order chi connectivity index (χ1) is 15.1. The average molecular weight is 461 g/mol. The molecule has 32 heavy (non-hydrogen) atoms. The lowest BCUT2D eigenvalue weighted by atomic mass is 10.1. The van der Waals surface area contributed by atoms with Crippen molar-refractivity contribution in [1.29, 1.82) is 0 Å². The van der Waals surface area contributed by atoms with E-state index >= 15 is 0 Å². The molecular formula is C19H24N8O4S. The molecule has 0 unspecified atom stereocenters. The smallest absolute Gasteiger partial charge is 0.264 e. The Balaban J connectivity index is 1.57. The number of carbonyl (C=O) groups is 1. The van der Waals surface area contributed by atoms with E-state index in [0.717, 1.165) is 5.69 Å². The molecule has 6 N–H and O–H groups in total. The van der Waals surface area contributed by atoms with Gasteiger partial charge in [-0.15, -0.1) is 0 Å². The van der Waals surface area contributed by atoms with Crippen LogP contribution in [0.2, 0.25) is 0 Å². The second-order valence-corrected chi connectivity index (χ2v) is 8.72. The number of carbonyl (C=O) groups excluding carboxylic acids is 1. The number of aromatic nitrogens is 4. The molecule has 0 atom stereocenters. The van der Waals surface area contributed by atoms with Crippen LogP contribution in [0.3, 0.4) is 0 Å². The molecule has 0 aliphatic carbocycles. The summed E-state index contributed by atoms with van der Waals surface area (Å²) < 4.78 is 30.1. The first kappa shape index (κ1) is 23.1. The second-order valence-electron chi connectivity index (χ2n) is 7.15. The molecule has 3 rings (SSSR count). The highest BCUT2D eigenvalue weighted by atomic mass is 32.2. The number of nitrogens with one attached hydrogen (secondary N) is 1. The van der Waals surface area contributed by atoms with Gasteiger partial charge in [-0.05, 0) is 37.1 Å². The van der Waals surface area contributed by atoms with E-state index in [-0.39, 0.29) is 29.8 Å². The van der Waals surface area contributed by atoms with Gasteiger partial charge in [-0.2, -0.15) is 18.4 Å². The summed E-state index contributed by atoms with van der Waals surface area (Å²) in [5.74, 6) is -0.380. The molecule has 0 spiro atoms. The maximum Gasteiger partial charge on any atom is 0.264 e. The van der Waals surface area contributed by atoms with Crippen molar-refractivity contribution < 1.29 is 17.8 Å². The molecule has 13 heteroatoms. The van der Waals surface area contributed by atoms with Crippen molar-refractivity contribution in [1.82, 2.24) is 25.3 Å². The molecule has 0 saturated carbocycles. The van der Waals surface area contributed by atoms with Crippen molar-refractivity contribution in [3.8, 4) is 0 Å². The van der Waals surface area contributed by atoms with E-state index in [1.807, 2.05) is 11.9 Å². The van der Waals surface area contributed by atoms with Gasteiger partial charge in [0.1, 0.15) is 0 Å². The maximum atomic E-state index is 12.2. The number of nitrogens with zero attached hydrogens (tertiary/aromatic N) is 5. The third kappa shape index (κ3) is 6.21. The summed E-state index contributed by atoms with van der Waals surface area (Å²) in [5.41, 5.74) is 14.1. The number of nitrogens with two attached hydrogens (primary N) is 2. The van der Waals surface area contributed by atoms with E-state index in [9.17, 15) is 13.2 Å². The van der Waals surface area contributed by atoms with Crippen molar-refractivity contribution >= 4 is 44.6 Å². The van der Waals surface area contributed by atoms with Crippen LogP contribution in [0.15, 0.2) is 30.5 Å². The summed E-state index contributed by atoms with van der Waals surface area (Å²) in [6.45, 7) is 0.751. The van der Waals surface area contributed by atoms with Crippen LogP contribution in [0.25, 0.3) is 11.2 Å². The topological polar surface area (TPSA) is 190 Å². The Morgan fingerprint density at radius 2 is 1.84 bits per heavy atom. The van der Waals surface area contributed by atoms with E-state index in [0.29, 0.717) is 41.9 Å². The number of fused-ring (bicyclic) bond motifs is 1. The number of amides is 1. The Kier molecular flexibility index (Phi) is 7.00. The van der Waals surface area contributed by atoms with Gasteiger partial charge in [-0.3, -0.25) is 9.35 Å². The first-order valence-corrected chi connectivity index (χ1v) is 11.3. The van der Waals surface area contributed by atoms with Crippen LogP contribution < -0.4 is 21.7 Å². The maximum absolute atomic E-state index is 12.2. The van der Waals surface area contributed by atoms with Gasteiger partial charge in [0.25, 0.3) is 16.0 Å². The van der Waals surface area contributed by atoms with Crippen LogP contribution in [-0.4, -0.2) is 58.2 Å². The monoisotopic (exact) mass is 460 g/mol. The van der Waals surface area contributed by atoms with Crippen LogP contribution in [0, 0.1) is 0 Å². The van der Waals surface area contributed by atoms with Crippen LogP contribution >= 0.6 is 0 Å². The van der Waals surface area contributed by atoms with Gasteiger partial charge in [0, 0.05) is 24.8 Å². The highest BCUT2D eigenvalue weighted by molar-refractivity contribution is 7.85. The molecule has 0 bridgehead atoms. The minimum atomic E-state index is -3.97. The molecule has 0 fully saturated rings. The van der Waals surface area contributed by atoms with Gasteiger partial charge >= 0.3 is 0 Å². The van der Waals surface area contributed by atoms with E-state index in [1.165, 1.54) is 0 Å². The van der Waals surface area contributed by atoms with Gasteiger partial charge in [-0.25, -0.2) is 9.97 Å². The minimum Gasteiger partial charge on any atom is -0.382 e. The number of anilines is 3. The lowest BCUT2D eigenvalue weighted by Crippen LogP contribution is -2.25. The highest BCUT2D eigenvalue weighted by Gasteiger charge is 2.11. The fourth-order valence-electron chi connectivity index (χ4n) is 2.97. The zero-order chi connectivity index (χ0) is 23.3. The normalized spacial score (nSPS) is 11.4. The Morgan fingerprint density at radius 3 is 2.53 bits per heavy atom. The zero-order valence-corrected chi connectivity index (χ0v) is 18.2. The summed E-state index contributed by atoms with van der Waals surface area (Å²) in [4.78, 5) is 30.8. The van der Waals surface area contributed by atoms with Crippen molar-refractivity contribution in [3.63, 3.8) is 0 Å². The Morgan fingerprint density at radius 1 is 1.12 bits per heavy atom. The third-order valence-corrected chi connectivity index (χ3v) is 5.39. The Bertz CT molecular complexity index is 1220. The van der Waals surface area contributed by atoms with Crippen LogP contribution in [0.1, 0.15) is 28.9 Å². The highest BCUT2D eigenvalue weighted by Crippen LogP contribution is 2.18. The zero-order valence-electron chi connectivity index (χ0n) is 17.4. The van der Waals surface area contributed by atoms with Gasteiger partial charge in [0.15, 0.2) is 17.0 Å². The number of benzene rings is 1. The number of rotatable bonds is 9. The van der Waals surface area contributed by atoms with Crippen molar-refractivity contribution in [2.24, 2.45) is 0 Å². The summed E-state index contributed by atoms with van der Waals surface area (Å²) in [5, 5.41) is 2.72. The van der Waals surface area contributed by atoms with E-state index in [1.54, 1.807) is 30.5 Å². The molecule has 12 nitrogen and oxygen atoms in total. The lowest BCUT2D eigenvalue weighted by Gasteiger charge is -2.19. The molecule has 170 valence electrons. The van der Waals surface area contributed by atoms with Gasteiger partial charge < -0.3 is 21.7 Å². The summed E-state index contributed by atoms with van der Waals surface area (Å²) in [6, 6.07) is 7.00. The largest absolute Gasteiger partial charge is 0.382 e. The standard InChI is InChI=1S/C19H24N8O4S/c1-27(11-13-10-23-17-15(24-13)16(20)25-19(21)26-17)14-6-4-12(5-7-14)18(28)22-8-2-3-9-32(29,30)31/h4-7,10H,2-3,8-9,11H2,1H3,(H,22,28)(H,29,30,31)(H4,20,21,23,25,26). The summed E-state index contributed by atoms with van der Waals surface area (Å²) >= 11 is 0. The van der Waals surface area contributed by atoms with E-state index in [4.69, 9.17) is 16.0 Å². The van der Waals surface area contributed by atoms with Crippen molar-refractivity contribution in [2.75, 3.05) is 35.7 Å². The number of nitrogen functional groups attached to an aromatic ring is 2.